The highest BCUT2D eigenvalue weighted by Crippen LogP contribution is 2.37. The largest absolute Gasteiger partial charge is 0.496 e. The molecule has 0 atom stereocenters. The lowest BCUT2D eigenvalue weighted by Crippen LogP contribution is -2.21. The topological polar surface area (TPSA) is 30.9 Å². The lowest BCUT2D eigenvalue weighted by atomic mass is 9.97. The molecule has 0 bridgehead atoms. The Balaban J connectivity index is 2.07. The molecule has 0 aromatic heterocycles. The van der Waals surface area contributed by atoms with Gasteiger partial charge in [0.15, 0.2) is 11.5 Å². The standard InChI is InChI=1S/C19H21NO3/c1-20-12-15-13(6-5-7-17(15)21-2)10-16(20)14-8-9-18(22-3)19(11-14)23-4/h5-11H,12H2,1-4H3. The summed E-state index contributed by atoms with van der Waals surface area (Å²) in [6.45, 7) is 0.805. The average Bonchev–Trinajstić information content (AvgIpc) is 2.60. The Labute approximate surface area is 136 Å². The molecule has 23 heavy (non-hydrogen) atoms. The second kappa shape index (κ2) is 6.24. The van der Waals surface area contributed by atoms with Crippen LogP contribution in [0.3, 0.4) is 0 Å². The van der Waals surface area contributed by atoms with E-state index in [1.807, 2.05) is 24.3 Å². The fraction of sp³-hybridized carbons (Fsp3) is 0.263. The van der Waals surface area contributed by atoms with E-state index in [2.05, 4.69) is 30.2 Å². The fourth-order valence-electron chi connectivity index (χ4n) is 2.96. The zero-order chi connectivity index (χ0) is 16.4. The summed E-state index contributed by atoms with van der Waals surface area (Å²) in [5.41, 5.74) is 4.64. The normalized spacial score (nSPS) is 13.2. The SMILES string of the molecule is COc1ccc(C2=Cc3cccc(OC)c3CN2C)cc1OC. The van der Waals surface area contributed by atoms with Crippen molar-refractivity contribution in [1.29, 1.82) is 0 Å². The summed E-state index contributed by atoms with van der Waals surface area (Å²) in [6, 6.07) is 12.1. The second-order valence-electron chi connectivity index (χ2n) is 5.48. The van der Waals surface area contributed by atoms with Crippen LogP contribution in [-0.4, -0.2) is 33.3 Å². The predicted molar refractivity (Wildman–Crippen MR) is 91.9 cm³/mol. The van der Waals surface area contributed by atoms with Gasteiger partial charge in [-0.3, -0.25) is 0 Å². The minimum Gasteiger partial charge on any atom is -0.496 e. The summed E-state index contributed by atoms with van der Waals surface area (Å²) in [7, 11) is 7.09. The van der Waals surface area contributed by atoms with E-state index in [0.29, 0.717) is 0 Å². The maximum Gasteiger partial charge on any atom is 0.161 e. The maximum absolute atomic E-state index is 5.48. The van der Waals surface area contributed by atoms with Crippen molar-refractivity contribution in [2.75, 3.05) is 28.4 Å². The first kappa shape index (κ1) is 15.3. The molecule has 4 nitrogen and oxygen atoms in total. The molecule has 1 aliphatic rings. The Kier molecular flexibility index (Phi) is 4.15. The molecule has 0 N–H and O–H groups in total. The summed E-state index contributed by atoms with van der Waals surface area (Å²) >= 11 is 0. The van der Waals surface area contributed by atoms with Crippen LogP contribution in [0.2, 0.25) is 0 Å². The Morgan fingerprint density at radius 3 is 2.30 bits per heavy atom. The van der Waals surface area contributed by atoms with Crippen LogP contribution >= 0.6 is 0 Å². The molecular formula is C19H21NO3. The highest BCUT2D eigenvalue weighted by molar-refractivity contribution is 5.84. The molecule has 1 heterocycles. The van der Waals surface area contributed by atoms with Gasteiger partial charge in [-0.05, 0) is 35.9 Å². The van der Waals surface area contributed by atoms with Crippen molar-refractivity contribution >= 4 is 11.8 Å². The highest BCUT2D eigenvalue weighted by atomic mass is 16.5. The van der Waals surface area contributed by atoms with Crippen LogP contribution in [0.4, 0.5) is 0 Å². The van der Waals surface area contributed by atoms with Crippen molar-refractivity contribution in [3.8, 4) is 17.2 Å². The molecule has 0 unspecified atom stereocenters. The fourth-order valence-corrected chi connectivity index (χ4v) is 2.96. The van der Waals surface area contributed by atoms with E-state index in [1.54, 1.807) is 21.3 Å². The van der Waals surface area contributed by atoms with Crippen molar-refractivity contribution in [2.45, 2.75) is 6.54 Å². The summed E-state index contributed by atoms with van der Waals surface area (Å²) < 4.78 is 16.2. The Morgan fingerprint density at radius 1 is 0.870 bits per heavy atom. The summed E-state index contributed by atoms with van der Waals surface area (Å²) in [5.74, 6) is 2.39. The zero-order valence-corrected chi connectivity index (χ0v) is 13.9. The predicted octanol–water partition coefficient (Wildman–Crippen LogP) is 3.66. The molecule has 0 radical (unpaired) electrons. The highest BCUT2D eigenvalue weighted by Gasteiger charge is 2.20. The van der Waals surface area contributed by atoms with Gasteiger partial charge in [-0.15, -0.1) is 0 Å². The zero-order valence-electron chi connectivity index (χ0n) is 13.9. The first-order valence-electron chi connectivity index (χ1n) is 7.49. The number of rotatable bonds is 4. The quantitative estimate of drug-likeness (QED) is 0.862. The lowest BCUT2D eigenvalue weighted by molar-refractivity contribution is 0.354. The Morgan fingerprint density at radius 2 is 1.61 bits per heavy atom. The second-order valence-corrected chi connectivity index (χ2v) is 5.48. The van der Waals surface area contributed by atoms with Gasteiger partial charge in [0.1, 0.15) is 5.75 Å². The third kappa shape index (κ3) is 2.72. The van der Waals surface area contributed by atoms with Crippen LogP contribution in [0.15, 0.2) is 36.4 Å². The summed E-state index contributed by atoms with van der Waals surface area (Å²) in [5, 5.41) is 0. The monoisotopic (exact) mass is 311 g/mol. The number of nitrogens with zero attached hydrogens (tertiary/aromatic N) is 1. The van der Waals surface area contributed by atoms with Crippen molar-refractivity contribution in [1.82, 2.24) is 4.90 Å². The van der Waals surface area contributed by atoms with E-state index in [9.17, 15) is 0 Å². The van der Waals surface area contributed by atoms with E-state index >= 15 is 0 Å². The molecule has 0 fully saturated rings. The van der Waals surface area contributed by atoms with E-state index in [4.69, 9.17) is 14.2 Å². The van der Waals surface area contributed by atoms with Crippen LogP contribution < -0.4 is 14.2 Å². The van der Waals surface area contributed by atoms with Crippen molar-refractivity contribution in [3.05, 3.63) is 53.1 Å². The maximum atomic E-state index is 5.48. The average molecular weight is 311 g/mol. The number of fused-ring (bicyclic) bond motifs is 1. The molecule has 0 amide bonds. The first-order valence-corrected chi connectivity index (χ1v) is 7.49. The molecule has 2 aromatic rings. The Bertz CT molecular complexity index is 752. The van der Waals surface area contributed by atoms with E-state index < -0.39 is 0 Å². The van der Waals surface area contributed by atoms with Gasteiger partial charge in [-0.2, -0.15) is 0 Å². The van der Waals surface area contributed by atoms with Crippen LogP contribution in [0.25, 0.3) is 11.8 Å². The van der Waals surface area contributed by atoms with E-state index in [0.717, 1.165) is 35.1 Å². The molecule has 0 saturated carbocycles. The van der Waals surface area contributed by atoms with Gasteiger partial charge in [-0.1, -0.05) is 12.1 Å². The van der Waals surface area contributed by atoms with Gasteiger partial charge < -0.3 is 19.1 Å². The number of methoxy groups -OCH3 is 3. The molecule has 1 aliphatic heterocycles. The molecule has 0 aliphatic carbocycles. The number of hydrogen-bond acceptors (Lipinski definition) is 4. The number of benzene rings is 2. The summed E-state index contributed by atoms with van der Waals surface area (Å²) in [6.07, 6.45) is 2.18. The van der Waals surface area contributed by atoms with Gasteiger partial charge in [0.2, 0.25) is 0 Å². The summed E-state index contributed by atoms with van der Waals surface area (Å²) in [4.78, 5) is 2.21. The van der Waals surface area contributed by atoms with Crippen LogP contribution in [0.1, 0.15) is 16.7 Å². The molecule has 4 heteroatoms. The first-order chi connectivity index (χ1) is 11.2. The Hall–Kier alpha value is -2.62. The van der Waals surface area contributed by atoms with Crippen LogP contribution in [-0.2, 0) is 6.54 Å². The van der Waals surface area contributed by atoms with Crippen molar-refractivity contribution < 1.29 is 14.2 Å². The lowest BCUT2D eigenvalue weighted by Gasteiger charge is -2.29. The molecule has 120 valence electrons. The van der Waals surface area contributed by atoms with Gasteiger partial charge in [0.25, 0.3) is 0 Å². The van der Waals surface area contributed by atoms with Gasteiger partial charge in [0, 0.05) is 30.4 Å². The van der Waals surface area contributed by atoms with Crippen LogP contribution in [0, 0.1) is 0 Å². The van der Waals surface area contributed by atoms with Gasteiger partial charge in [0.05, 0.1) is 21.3 Å². The third-order valence-corrected chi connectivity index (χ3v) is 4.17. The van der Waals surface area contributed by atoms with Gasteiger partial charge in [-0.25, -0.2) is 0 Å². The minimum absolute atomic E-state index is 0.732. The van der Waals surface area contributed by atoms with Crippen molar-refractivity contribution in [3.63, 3.8) is 0 Å². The van der Waals surface area contributed by atoms with Crippen LogP contribution in [0.5, 0.6) is 17.2 Å². The minimum atomic E-state index is 0.732. The smallest absolute Gasteiger partial charge is 0.161 e. The number of ether oxygens (including phenoxy) is 3. The number of hydrogen-bond donors (Lipinski definition) is 0. The van der Waals surface area contributed by atoms with E-state index in [1.165, 1.54) is 11.1 Å². The van der Waals surface area contributed by atoms with Crippen molar-refractivity contribution in [2.24, 2.45) is 0 Å². The molecule has 3 rings (SSSR count). The van der Waals surface area contributed by atoms with E-state index in [-0.39, 0.29) is 0 Å². The molecule has 2 aromatic carbocycles. The third-order valence-electron chi connectivity index (χ3n) is 4.17. The molecule has 0 saturated heterocycles. The molecular weight excluding hydrogens is 290 g/mol. The van der Waals surface area contributed by atoms with Gasteiger partial charge >= 0.3 is 0 Å². The molecule has 0 spiro atoms.